The molecule has 4 heteroatoms. The van der Waals surface area contributed by atoms with Crippen LogP contribution in [0.4, 0.5) is 0 Å². The smallest absolute Gasteiger partial charge is 0.165 e. The summed E-state index contributed by atoms with van der Waals surface area (Å²) in [6, 6.07) is 0. The monoisotopic (exact) mass is 344 g/mol. The zero-order chi connectivity index (χ0) is 16.9. The molecule has 0 radical (unpaired) electrons. The van der Waals surface area contributed by atoms with Gasteiger partial charge in [-0.25, -0.2) is 0 Å². The van der Waals surface area contributed by atoms with Crippen LogP contribution in [-0.2, 0) is 39.3 Å². The van der Waals surface area contributed by atoms with Crippen molar-refractivity contribution in [2.24, 2.45) is 0 Å². The van der Waals surface area contributed by atoms with E-state index < -0.39 is 13.9 Å². The fourth-order valence-electron chi connectivity index (χ4n) is 5.78. The predicted molar refractivity (Wildman–Crippen MR) is 96.4 cm³/mol. The van der Waals surface area contributed by atoms with E-state index >= 15 is 0 Å². The van der Waals surface area contributed by atoms with Crippen LogP contribution in [0, 0.1) is 0 Å². The molecule has 1 fully saturated rings. The molecule has 0 bridgehead atoms. The summed E-state index contributed by atoms with van der Waals surface area (Å²) in [7, 11) is -1.43. The second kappa shape index (κ2) is 4.53. The van der Waals surface area contributed by atoms with Crippen LogP contribution in [0.2, 0.25) is 19.6 Å². The Morgan fingerprint density at radius 3 is 2.58 bits per heavy atom. The lowest BCUT2D eigenvalue weighted by atomic mass is 9.60. The summed E-state index contributed by atoms with van der Waals surface area (Å²) in [5, 5.41) is 1.71. The minimum absolute atomic E-state index is 0.118. The molecular formula is C20H28O3Si. The summed E-state index contributed by atoms with van der Waals surface area (Å²) < 4.78 is 18.8. The van der Waals surface area contributed by atoms with Crippen LogP contribution in [0.1, 0.15) is 60.6 Å². The summed E-state index contributed by atoms with van der Waals surface area (Å²) in [6.45, 7) is 13.2. The Hall–Kier alpha value is -0.683. The molecule has 130 valence electrons. The molecule has 0 N–H and O–H groups in total. The van der Waals surface area contributed by atoms with E-state index in [-0.39, 0.29) is 11.7 Å². The maximum atomic E-state index is 6.55. The van der Waals surface area contributed by atoms with Crippen LogP contribution in [0.15, 0.2) is 0 Å². The summed E-state index contributed by atoms with van der Waals surface area (Å²) in [5.41, 5.74) is 7.46. The molecule has 5 rings (SSSR count). The SMILES string of the molecule is CC1(C)O[C@H]2c3c4c(c([Si](C)(C)C)c5c3[C@@]2(CCC5)O1)CCOC4. The summed E-state index contributed by atoms with van der Waals surface area (Å²) in [6.07, 6.45) is 4.72. The summed E-state index contributed by atoms with van der Waals surface area (Å²) >= 11 is 0. The fraction of sp³-hybridized carbons (Fsp3) is 0.700. The molecule has 1 aromatic carbocycles. The van der Waals surface area contributed by atoms with E-state index in [0.717, 1.165) is 26.1 Å². The van der Waals surface area contributed by atoms with Gasteiger partial charge in [-0.2, -0.15) is 0 Å². The van der Waals surface area contributed by atoms with Crippen LogP contribution in [0.5, 0.6) is 0 Å². The van der Waals surface area contributed by atoms with E-state index in [4.69, 9.17) is 14.2 Å². The maximum Gasteiger partial charge on any atom is 0.165 e. The van der Waals surface area contributed by atoms with E-state index in [1.807, 2.05) is 0 Å². The first-order valence-electron chi connectivity index (χ1n) is 9.42. The Labute approximate surface area is 145 Å². The molecule has 0 saturated carbocycles. The quantitative estimate of drug-likeness (QED) is 0.728. The average Bonchev–Trinajstić information content (AvgIpc) is 2.68. The van der Waals surface area contributed by atoms with E-state index in [9.17, 15) is 0 Å². The number of ether oxygens (including phenoxy) is 3. The lowest BCUT2D eigenvalue weighted by Crippen LogP contribution is -2.54. The molecule has 3 nitrogen and oxygen atoms in total. The number of hydrogen-bond donors (Lipinski definition) is 0. The average molecular weight is 345 g/mol. The molecular weight excluding hydrogens is 316 g/mol. The van der Waals surface area contributed by atoms with Crippen molar-refractivity contribution in [3.8, 4) is 0 Å². The highest BCUT2D eigenvalue weighted by Crippen LogP contribution is 2.66. The third kappa shape index (κ3) is 1.78. The first-order valence-corrected chi connectivity index (χ1v) is 12.9. The Bertz CT molecular complexity index is 746. The van der Waals surface area contributed by atoms with Gasteiger partial charge in [0.2, 0.25) is 0 Å². The molecule has 2 atom stereocenters. The summed E-state index contributed by atoms with van der Waals surface area (Å²) in [5.74, 6) is -0.486. The normalized spacial score (nSPS) is 32.6. The number of rotatable bonds is 1. The lowest BCUT2D eigenvalue weighted by molar-refractivity contribution is -0.165. The van der Waals surface area contributed by atoms with E-state index in [1.165, 1.54) is 29.5 Å². The standard InChI is InChI=1S/C20H28O3Si/c1-19(2)22-18-15-14-11-21-10-8-12(14)17(24(3,4)5)13-7-6-9-20(18,23-19)16(13)15/h18H,6-11H2,1-5H3/t18-,20+/m0/s1. The first kappa shape index (κ1) is 15.6. The van der Waals surface area contributed by atoms with Gasteiger partial charge in [-0.1, -0.05) is 24.8 Å². The Balaban J connectivity index is 1.83. The van der Waals surface area contributed by atoms with E-state index in [1.54, 1.807) is 16.3 Å². The molecule has 4 aliphatic rings. The van der Waals surface area contributed by atoms with Gasteiger partial charge in [0.05, 0.1) is 21.3 Å². The molecule has 1 aromatic rings. The molecule has 2 aliphatic heterocycles. The number of fused-ring (bicyclic) bond motifs is 3. The second-order valence-electron chi connectivity index (χ2n) is 9.39. The molecule has 2 aliphatic carbocycles. The van der Waals surface area contributed by atoms with Crippen LogP contribution < -0.4 is 5.19 Å². The van der Waals surface area contributed by atoms with Gasteiger partial charge in [0.1, 0.15) is 11.7 Å². The second-order valence-corrected chi connectivity index (χ2v) is 14.4. The molecule has 2 heterocycles. The van der Waals surface area contributed by atoms with Crippen LogP contribution >= 0.6 is 0 Å². The van der Waals surface area contributed by atoms with Crippen molar-refractivity contribution in [3.63, 3.8) is 0 Å². The van der Waals surface area contributed by atoms with Crippen LogP contribution in [0.3, 0.4) is 0 Å². The third-order valence-electron chi connectivity index (χ3n) is 6.27. The Morgan fingerprint density at radius 1 is 1.04 bits per heavy atom. The van der Waals surface area contributed by atoms with Crippen LogP contribution in [0.25, 0.3) is 0 Å². The highest BCUT2D eigenvalue weighted by molar-refractivity contribution is 6.89. The van der Waals surface area contributed by atoms with Gasteiger partial charge in [0.15, 0.2) is 5.79 Å². The van der Waals surface area contributed by atoms with Crippen LogP contribution in [-0.4, -0.2) is 20.5 Å². The molecule has 1 saturated heterocycles. The highest BCUT2D eigenvalue weighted by atomic mass is 28.3. The maximum absolute atomic E-state index is 6.55. The van der Waals surface area contributed by atoms with Crippen molar-refractivity contribution in [2.45, 2.75) is 83.3 Å². The van der Waals surface area contributed by atoms with E-state index in [2.05, 4.69) is 33.5 Å². The Morgan fingerprint density at radius 2 is 1.83 bits per heavy atom. The molecule has 0 amide bonds. The number of benzene rings is 1. The number of hydrogen-bond acceptors (Lipinski definition) is 3. The largest absolute Gasteiger partial charge is 0.376 e. The van der Waals surface area contributed by atoms with Gasteiger partial charge in [0, 0.05) is 0 Å². The zero-order valence-electron chi connectivity index (χ0n) is 15.5. The molecule has 0 aromatic heterocycles. The third-order valence-corrected chi connectivity index (χ3v) is 8.37. The Kier molecular flexibility index (Phi) is 2.94. The van der Waals surface area contributed by atoms with Gasteiger partial charge < -0.3 is 14.2 Å². The predicted octanol–water partition coefficient (Wildman–Crippen LogP) is 3.67. The van der Waals surface area contributed by atoms with Gasteiger partial charge in [-0.3, -0.25) is 0 Å². The molecule has 0 unspecified atom stereocenters. The van der Waals surface area contributed by atoms with Crippen molar-refractivity contribution in [1.29, 1.82) is 0 Å². The van der Waals surface area contributed by atoms with Gasteiger partial charge in [-0.15, -0.1) is 0 Å². The van der Waals surface area contributed by atoms with Crippen molar-refractivity contribution in [1.82, 2.24) is 0 Å². The molecule has 1 spiro atoms. The van der Waals surface area contributed by atoms with Gasteiger partial charge in [-0.05, 0) is 67.3 Å². The fourth-order valence-corrected chi connectivity index (χ4v) is 8.11. The van der Waals surface area contributed by atoms with Crippen molar-refractivity contribution in [2.75, 3.05) is 6.61 Å². The highest BCUT2D eigenvalue weighted by Gasteiger charge is 2.65. The van der Waals surface area contributed by atoms with Crippen molar-refractivity contribution in [3.05, 3.63) is 27.8 Å². The van der Waals surface area contributed by atoms with Crippen molar-refractivity contribution >= 4 is 13.3 Å². The minimum Gasteiger partial charge on any atom is -0.376 e. The molecule has 24 heavy (non-hydrogen) atoms. The minimum atomic E-state index is -1.43. The van der Waals surface area contributed by atoms with E-state index in [0.29, 0.717) is 0 Å². The summed E-state index contributed by atoms with van der Waals surface area (Å²) in [4.78, 5) is 0. The van der Waals surface area contributed by atoms with Gasteiger partial charge in [0.25, 0.3) is 0 Å². The van der Waals surface area contributed by atoms with Crippen molar-refractivity contribution < 1.29 is 14.2 Å². The lowest BCUT2D eigenvalue weighted by Gasteiger charge is -2.52. The van der Waals surface area contributed by atoms with Gasteiger partial charge >= 0.3 is 0 Å². The topological polar surface area (TPSA) is 27.7 Å². The zero-order valence-corrected chi connectivity index (χ0v) is 16.5. The first-order chi connectivity index (χ1) is 11.2.